The van der Waals surface area contributed by atoms with Crippen molar-refractivity contribution in [3.63, 3.8) is 0 Å². The summed E-state index contributed by atoms with van der Waals surface area (Å²) in [5.41, 5.74) is -0.544. The Morgan fingerprint density at radius 1 is 1.43 bits per heavy atom. The monoisotopic (exact) mass is 201 g/mol. The average molecular weight is 201 g/mol. The summed E-state index contributed by atoms with van der Waals surface area (Å²) in [6, 6.07) is 0. The Morgan fingerprint density at radius 3 is 2.21 bits per heavy atom. The van der Waals surface area contributed by atoms with E-state index >= 15 is 0 Å². The molecule has 14 heavy (non-hydrogen) atoms. The maximum Gasteiger partial charge on any atom is 0.246 e. The zero-order chi connectivity index (χ0) is 11.2. The highest BCUT2D eigenvalue weighted by Crippen LogP contribution is 2.12. The number of nitrogens with one attached hydrogen (secondary N) is 1. The van der Waals surface area contributed by atoms with E-state index in [1.807, 2.05) is 6.92 Å². The van der Waals surface area contributed by atoms with E-state index in [1.54, 1.807) is 6.92 Å². The minimum atomic E-state index is -0.912. The second-order valence-electron chi connectivity index (χ2n) is 3.58. The molecule has 0 bridgehead atoms. The Balaban J connectivity index is 4.49. The van der Waals surface area contributed by atoms with Crippen LogP contribution in [0.2, 0.25) is 0 Å². The van der Waals surface area contributed by atoms with Crippen LogP contribution >= 0.6 is 0 Å². The first kappa shape index (κ1) is 13.1. The Morgan fingerprint density at radius 2 is 1.93 bits per heavy atom. The van der Waals surface area contributed by atoms with Crippen LogP contribution in [-0.4, -0.2) is 34.9 Å². The topological polar surface area (TPSA) is 69.6 Å². The van der Waals surface area contributed by atoms with E-state index in [4.69, 9.17) is 10.2 Å². The molecule has 0 aromatic carbocycles. The van der Waals surface area contributed by atoms with Crippen molar-refractivity contribution in [2.45, 2.75) is 32.2 Å². The van der Waals surface area contributed by atoms with E-state index in [1.165, 1.54) is 0 Å². The Bertz CT molecular complexity index is 209. The van der Waals surface area contributed by atoms with Crippen molar-refractivity contribution in [3.05, 3.63) is 12.2 Å². The molecule has 4 heteroatoms. The van der Waals surface area contributed by atoms with Crippen molar-refractivity contribution in [1.29, 1.82) is 0 Å². The zero-order valence-electron chi connectivity index (χ0n) is 8.84. The van der Waals surface area contributed by atoms with Gasteiger partial charge in [-0.25, -0.2) is 0 Å². The number of carbonyl (C=O) groups excluding carboxylic acids is 1. The van der Waals surface area contributed by atoms with Crippen LogP contribution in [0.25, 0.3) is 0 Å². The van der Waals surface area contributed by atoms with E-state index in [-0.39, 0.29) is 19.1 Å². The Hall–Kier alpha value is -0.870. The molecular formula is C10H19NO3. The number of hydrogen-bond donors (Lipinski definition) is 3. The molecule has 0 aromatic rings. The smallest absolute Gasteiger partial charge is 0.246 e. The Kier molecular flexibility index (Phi) is 5.42. The molecule has 4 nitrogen and oxygen atoms in total. The molecule has 0 aromatic heterocycles. The number of carbonyl (C=O) groups is 1. The maximum absolute atomic E-state index is 11.3. The van der Waals surface area contributed by atoms with Crippen LogP contribution < -0.4 is 5.32 Å². The van der Waals surface area contributed by atoms with Gasteiger partial charge in [-0.15, -0.1) is 0 Å². The lowest BCUT2D eigenvalue weighted by atomic mass is 9.95. The highest BCUT2D eigenvalue weighted by molar-refractivity contribution is 5.92. The molecule has 1 amide bonds. The van der Waals surface area contributed by atoms with Gasteiger partial charge in [-0.3, -0.25) is 4.79 Å². The van der Waals surface area contributed by atoms with Crippen LogP contribution in [0.4, 0.5) is 0 Å². The normalized spacial score (nSPS) is 11.1. The largest absolute Gasteiger partial charge is 0.394 e. The molecule has 0 rings (SSSR count). The second kappa shape index (κ2) is 5.78. The van der Waals surface area contributed by atoms with E-state index in [9.17, 15) is 4.79 Å². The van der Waals surface area contributed by atoms with Gasteiger partial charge in [-0.05, 0) is 13.3 Å². The molecule has 0 radical (unpaired) electrons. The van der Waals surface area contributed by atoms with Crippen molar-refractivity contribution < 1.29 is 15.0 Å². The van der Waals surface area contributed by atoms with Crippen LogP contribution in [0.15, 0.2) is 12.2 Å². The van der Waals surface area contributed by atoms with Crippen molar-refractivity contribution in [2.75, 3.05) is 13.2 Å². The van der Waals surface area contributed by atoms with E-state index in [0.717, 1.165) is 6.42 Å². The van der Waals surface area contributed by atoms with Gasteiger partial charge < -0.3 is 15.5 Å². The van der Waals surface area contributed by atoms with Gasteiger partial charge in [0, 0.05) is 5.57 Å². The Labute approximate surface area is 84.6 Å². The van der Waals surface area contributed by atoms with Crippen LogP contribution in [0.1, 0.15) is 26.7 Å². The van der Waals surface area contributed by atoms with Gasteiger partial charge in [0.2, 0.25) is 5.91 Å². The lowest BCUT2D eigenvalue weighted by Crippen LogP contribution is -2.54. The fourth-order valence-electron chi connectivity index (χ4n) is 1.18. The van der Waals surface area contributed by atoms with Gasteiger partial charge in [0.05, 0.1) is 18.8 Å². The molecule has 0 aliphatic heterocycles. The first-order valence-corrected chi connectivity index (χ1v) is 4.71. The average Bonchev–Trinajstić information content (AvgIpc) is 2.16. The number of aliphatic hydroxyl groups is 2. The summed E-state index contributed by atoms with van der Waals surface area (Å²) >= 11 is 0. The quantitative estimate of drug-likeness (QED) is 0.538. The molecule has 0 saturated carbocycles. The van der Waals surface area contributed by atoms with Gasteiger partial charge >= 0.3 is 0 Å². The van der Waals surface area contributed by atoms with Gasteiger partial charge in [0.25, 0.3) is 0 Å². The minimum absolute atomic E-state index is 0.268. The predicted molar refractivity (Wildman–Crippen MR) is 54.8 cm³/mol. The summed E-state index contributed by atoms with van der Waals surface area (Å²) in [6.07, 6.45) is 1.32. The van der Waals surface area contributed by atoms with E-state index < -0.39 is 5.54 Å². The van der Waals surface area contributed by atoms with Crippen LogP contribution in [0.5, 0.6) is 0 Å². The predicted octanol–water partition coefficient (Wildman–Crippen LogP) is 0.202. The summed E-state index contributed by atoms with van der Waals surface area (Å²) in [5.74, 6) is -0.332. The number of hydrogen-bond acceptors (Lipinski definition) is 3. The number of rotatable bonds is 6. The number of aliphatic hydroxyl groups excluding tert-OH is 2. The van der Waals surface area contributed by atoms with Crippen molar-refractivity contribution in [3.8, 4) is 0 Å². The summed E-state index contributed by atoms with van der Waals surface area (Å²) in [6.45, 7) is 6.47. The van der Waals surface area contributed by atoms with Gasteiger partial charge in [0.1, 0.15) is 0 Å². The molecule has 0 unspecified atom stereocenters. The molecule has 0 aliphatic rings. The van der Waals surface area contributed by atoms with Crippen molar-refractivity contribution in [2.24, 2.45) is 0 Å². The van der Waals surface area contributed by atoms with Gasteiger partial charge in [-0.2, -0.15) is 0 Å². The van der Waals surface area contributed by atoms with Crippen molar-refractivity contribution >= 4 is 5.91 Å². The molecule has 0 heterocycles. The summed E-state index contributed by atoms with van der Waals surface area (Å²) in [5, 5.41) is 20.9. The molecule has 0 aliphatic carbocycles. The maximum atomic E-state index is 11.3. The third-order valence-corrected chi connectivity index (χ3v) is 2.10. The van der Waals surface area contributed by atoms with Crippen LogP contribution in [0, 0.1) is 0 Å². The minimum Gasteiger partial charge on any atom is -0.394 e. The summed E-state index contributed by atoms with van der Waals surface area (Å²) in [7, 11) is 0. The SMILES string of the molecule is C=C(C)C(=O)NC(CO)(CO)CCC. The fraction of sp³-hybridized carbons (Fsp3) is 0.700. The van der Waals surface area contributed by atoms with Crippen molar-refractivity contribution in [1.82, 2.24) is 5.32 Å². The first-order chi connectivity index (χ1) is 6.51. The van der Waals surface area contributed by atoms with Crippen LogP contribution in [-0.2, 0) is 4.79 Å². The molecule has 0 spiro atoms. The molecule has 82 valence electrons. The molecular weight excluding hydrogens is 182 g/mol. The third kappa shape index (κ3) is 3.47. The number of amides is 1. The lowest BCUT2D eigenvalue weighted by molar-refractivity contribution is -0.120. The van der Waals surface area contributed by atoms with Crippen LogP contribution in [0.3, 0.4) is 0 Å². The zero-order valence-corrected chi connectivity index (χ0v) is 8.84. The highest BCUT2D eigenvalue weighted by atomic mass is 16.3. The summed E-state index contributed by atoms with van der Waals surface area (Å²) in [4.78, 5) is 11.3. The van der Waals surface area contributed by atoms with Gasteiger partial charge in [0.15, 0.2) is 0 Å². The lowest BCUT2D eigenvalue weighted by Gasteiger charge is -2.30. The standard InChI is InChI=1S/C10H19NO3/c1-4-5-10(6-12,7-13)11-9(14)8(2)3/h12-13H,2,4-7H2,1,3H3,(H,11,14). The fourth-order valence-corrected chi connectivity index (χ4v) is 1.18. The molecule has 0 saturated heterocycles. The second-order valence-corrected chi connectivity index (χ2v) is 3.58. The molecule has 3 N–H and O–H groups in total. The van der Waals surface area contributed by atoms with E-state index in [0.29, 0.717) is 12.0 Å². The highest BCUT2D eigenvalue weighted by Gasteiger charge is 2.29. The molecule has 0 atom stereocenters. The third-order valence-electron chi connectivity index (χ3n) is 2.10. The summed E-state index contributed by atoms with van der Waals surface area (Å²) < 4.78 is 0. The van der Waals surface area contributed by atoms with E-state index in [2.05, 4.69) is 11.9 Å². The molecule has 0 fully saturated rings. The van der Waals surface area contributed by atoms with Gasteiger partial charge in [-0.1, -0.05) is 19.9 Å². The first-order valence-electron chi connectivity index (χ1n) is 4.71.